The Labute approximate surface area is 184 Å². The smallest absolute Gasteiger partial charge is 0.169 e. The van der Waals surface area contributed by atoms with Crippen LogP contribution >= 0.6 is 0 Å². The molecule has 0 aliphatic carbocycles. The van der Waals surface area contributed by atoms with Crippen molar-refractivity contribution in [2.24, 2.45) is 5.73 Å². The molecule has 4 rings (SSSR count). The van der Waals surface area contributed by atoms with Crippen LogP contribution < -0.4 is 5.73 Å². The Bertz CT molecular complexity index is 1150. The standard InChI is InChI=1S/C27H30N4/c1-18(2)22-15-10-16-23(19(3)4)25(22)31-26(20-11-6-5-7-12-20)29-30-27(31)24-14-9-8-13-21(24)17-28/h5-16,18-19H,17,28H2,1-4H3. The van der Waals surface area contributed by atoms with Crippen molar-refractivity contribution in [3.8, 4) is 28.5 Å². The van der Waals surface area contributed by atoms with Gasteiger partial charge in [0.25, 0.3) is 0 Å². The quantitative estimate of drug-likeness (QED) is 0.405. The highest BCUT2D eigenvalue weighted by molar-refractivity contribution is 5.71. The Hall–Kier alpha value is -3.24. The van der Waals surface area contributed by atoms with Gasteiger partial charge in [-0.05, 0) is 28.5 Å². The maximum atomic E-state index is 6.09. The molecule has 0 amide bonds. The number of hydrogen-bond donors (Lipinski definition) is 1. The Kier molecular flexibility index (Phi) is 6.01. The number of para-hydroxylation sites is 1. The topological polar surface area (TPSA) is 56.7 Å². The summed E-state index contributed by atoms with van der Waals surface area (Å²) >= 11 is 0. The highest BCUT2D eigenvalue weighted by atomic mass is 15.3. The summed E-state index contributed by atoms with van der Waals surface area (Å²) in [4.78, 5) is 0. The molecule has 1 heterocycles. The van der Waals surface area contributed by atoms with Gasteiger partial charge in [0, 0.05) is 17.7 Å². The first kappa shape index (κ1) is 21.0. The van der Waals surface area contributed by atoms with Gasteiger partial charge in [0.15, 0.2) is 11.6 Å². The molecule has 4 heteroatoms. The van der Waals surface area contributed by atoms with E-state index in [1.165, 1.54) is 16.8 Å². The summed E-state index contributed by atoms with van der Waals surface area (Å²) in [5.41, 5.74) is 13.0. The summed E-state index contributed by atoms with van der Waals surface area (Å²) in [6.45, 7) is 9.41. The van der Waals surface area contributed by atoms with E-state index in [4.69, 9.17) is 10.8 Å². The van der Waals surface area contributed by atoms with E-state index in [1.807, 2.05) is 30.3 Å². The molecule has 0 fully saturated rings. The third-order valence-corrected chi connectivity index (χ3v) is 5.74. The van der Waals surface area contributed by atoms with Crippen molar-refractivity contribution >= 4 is 0 Å². The summed E-state index contributed by atoms with van der Waals surface area (Å²) in [7, 11) is 0. The molecule has 4 aromatic rings. The number of nitrogens with zero attached hydrogens (tertiary/aromatic N) is 3. The second-order valence-corrected chi connectivity index (χ2v) is 8.50. The average molecular weight is 411 g/mol. The molecule has 1 aromatic heterocycles. The minimum atomic E-state index is 0.359. The first-order chi connectivity index (χ1) is 15.0. The zero-order valence-electron chi connectivity index (χ0n) is 18.7. The molecule has 0 saturated heterocycles. The van der Waals surface area contributed by atoms with Crippen molar-refractivity contribution in [3.05, 3.63) is 89.5 Å². The minimum absolute atomic E-state index is 0.359. The lowest BCUT2D eigenvalue weighted by atomic mass is 9.92. The maximum Gasteiger partial charge on any atom is 0.169 e. The van der Waals surface area contributed by atoms with E-state index in [0.29, 0.717) is 18.4 Å². The molecule has 0 atom stereocenters. The highest BCUT2D eigenvalue weighted by Gasteiger charge is 2.24. The molecule has 0 spiro atoms. The van der Waals surface area contributed by atoms with E-state index >= 15 is 0 Å². The molecule has 0 saturated carbocycles. The zero-order chi connectivity index (χ0) is 22.0. The molecule has 31 heavy (non-hydrogen) atoms. The zero-order valence-corrected chi connectivity index (χ0v) is 18.7. The van der Waals surface area contributed by atoms with Gasteiger partial charge < -0.3 is 5.73 Å². The summed E-state index contributed by atoms with van der Waals surface area (Å²) < 4.78 is 2.24. The number of nitrogens with two attached hydrogens (primary N) is 1. The molecule has 0 unspecified atom stereocenters. The Morgan fingerprint density at radius 3 is 1.90 bits per heavy atom. The van der Waals surface area contributed by atoms with Crippen molar-refractivity contribution in [2.75, 3.05) is 0 Å². The van der Waals surface area contributed by atoms with Crippen molar-refractivity contribution in [3.63, 3.8) is 0 Å². The second kappa shape index (κ2) is 8.86. The number of aromatic nitrogens is 3. The largest absolute Gasteiger partial charge is 0.326 e. The lowest BCUT2D eigenvalue weighted by molar-refractivity contribution is 0.807. The lowest BCUT2D eigenvalue weighted by Gasteiger charge is -2.23. The molecule has 0 aliphatic heterocycles. The normalized spacial score (nSPS) is 11.5. The van der Waals surface area contributed by atoms with Crippen molar-refractivity contribution in [2.45, 2.75) is 46.1 Å². The number of rotatable bonds is 6. The third kappa shape index (κ3) is 3.91. The van der Waals surface area contributed by atoms with Crippen LogP contribution in [-0.2, 0) is 6.54 Å². The molecule has 4 nitrogen and oxygen atoms in total. The first-order valence-corrected chi connectivity index (χ1v) is 10.9. The first-order valence-electron chi connectivity index (χ1n) is 10.9. The fourth-order valence-corrected chi connectivity index (χ4v) is 4.13. The van der Waals surface area contributed by atoms with E-state index in [-0.39, 0.29) is 0 Å². The molecule has 0 radical (unpaired) electrons. The summed E-state index contributed by atoms with van der Waals surface area (Å²) in [5, 5.41) is 9.39. The van der Waals surface area contributed by atoms with Crippen LogP contribution in [0.1, 0.15) is 56.2 Å². The van der Waals surface area contributed by atoms with E-state index in [2.05, 4.69) is 79.8 Å². The van der Waals surface area contributed by atoms with E-state index < -0.39 is 0 Å². The van der Waals surface area contributed by atoms with Gasteiger partial charge in [0.1, 0.15) is 0 Å². The molecule has 0 bridgehead atoms. The number of benzene rings is 3. The van der Waals surface area contributed by atoms with Gasteiger partial charge >= 0.3 is 0 Å². The van der Waals surface area contributed by atoms with E-state index in [1.54, 1.807) is 0 Å². The van der Waals surface area contributed by atoms with Crippen LogP contribution in [0, 0.1) is 0 Å². The minimum Gasteiger partial charge on any atom is -0.326 e. The Morgan fingerprint density at radius 2 is 1.29 bits per heavy atom. The van der Waals surface area contributed by atoms with Gasteiger partial charge in [-0.25, -0.2) is 0 Å². The lowest BCUT2D eigenvalue weighted by Crippen LogP contribution is -2.11. The van der Waals surface area contributed by atoms with Crippen molar-refractivity contribution < 1.29 is 0 Å². The highest BCUT2D eigenvalue weighted by Crippen LogP contribution is 2.37. The van der Waals surface area contributed by atoms with Crippen LogP contribution in [0.2, 0.25) is 0 Å². The van der Waals surface area contributed by atoms with Gasteiger partial charge in [0.05, 0.1) is 5.69 Å². The molecular weight excluding hydrogens is 380 g/mol. The van der Waals surface area contributed by atoms with Gasteiger partial charge in [-0.15, -0.1) is 10.2 Å². The predicted molar refractivity (Wildman–Crippen MR) is 128 cm³/mol. The van der Waals surface area contributed by atoms with Crippen LogP contribution in [0.5, 0.6) is 0 Å². The summed E-state index contributed by atoms with van der Waals surface area (Å²) in [5.74, 6) is 2.39. The van der Waals surface area contributed by atoms with Gasteiger partial charge in [-0.3, -0.25) is 4.57 Å². The molecule has 2 N–H and O–H groups in total. The Balaban J connectivity index is 2.12. The van der Waals surface area contributed by atoms with Gasteiger partial charge in [0.2, 0.25) is 0 Å². The van der Waals surface area contributed by atoms with Gasteiger partial charge in [-0.2, -0.15) is 0 Å². The average Bonchev–Trinajstić information content (AvgIpc) is 3.23. The summed E-state index contributed by atoms with van der Waals surface area (Å²) in [6.07, 6.45) is 0. The van der Waals surface area contributed by atoms with Crippen LogP contribution in [-0.4, -0.2) is 14.8 Å². The fourth-order valence-electron chi connectivity index (χ4n) is 4.13. The molecule has 3 aromatic carbocycles. The van der Waals surface area contributed by atoms with E-state index in [0.717, 1.165) is 28.3 Å². The van der Waals surface area contributed by atoms with Crippen LogP contribution in [0.3, 0.4) is 0 Å². The van der Waals surface area contributed by atoms with Crippen LogP contribution in [0.15, 0.2) is 72.8 Å². The molecular formula is C27H30N4. The predicted octanol–water partition coefficient (Wildman–Crippen LogP) is 6.31. The van der Waals surface area contributed by atoms with Crippen molar-refractivity contribution in [1.29, 1.82) is 0 Å². The SMILES string of the molecule is CC(C)c1cccc(C(C)C)c1-n1c(-c2ccccc2)nnc1-c1ccccc1CN. The van der Waals surface area contributed by atoms with Gasteiger partial charge in [-0.1, -0.05) is 100 Å². The number of hydrogen-bond acceptors (Lipinski definition) is 3. The van der Waals surface area contributed by atoms with Crippen LogP contribution in [0.25, 0.3) is 28.5 Å². The fraction of sp³-hybridized carbons (Fsp3) is 0.259. The van der Waals surface area contributed by atoms with Crippen LogP contribution in [0.4, 0.5) is 0 Å². The third-order valence-electron chi connectivity index (χ3n) is 5.74. The summed E-state index contributed by atoms with van der Waals surface area (Å²) in [6, 6.07) is 25.1. The molecule has 0 aliphatic rings. The van der Waals surface area contributed by atoms with Crippen molar-refractivity contribution in [1.82, 2.24) is 14.8 Å². The second-order valence-electron chi connectivity index (χ2n) is 8.50. The van der Waals surface area contributed by atoms with E-state index in [9.17, 15) is 0 Å². The Morgan fingerprint density at radius 1 is 0.710 bits per heavy atom. The maximum absolute atomic E-state index is 6.09. The molecule has 158 valence electrons. The monoisotopic (exact) mass is 410 g/mol.